The second kappa shape index (κ2) is 3.64. The van der Waals surface area contributed by atoms with Crippen molar-refractivity contribution in [1.82, 2.24) is 4.98 Å². The van der Waals surface area contributed by atoms with E-state index in [4.69, 9.17) is 10.8 Å². The summed E-state index contributed by atoms with van der Waals surface area (Å²) in [5, 5.41) is 8.97. The van der Waals surface area contributed by atoms with E-state index in [1.165, 1.54) is 6.20 Å². The van der Waals surface area contributed by atoms with Gasteiger partial charge in [0.25, 0.3) is 0 Å². The first kappa shape index (κ1) is 9.83. The van der Waals surface area contributed by atoms with Crippen molar-refractivity contribution in [2.75, 3.05) is 6.61 Å². The van der Waals surface area contributed by atoms with Gasteiger partial charge in [-0.25, -0.2) is 0 Å². The number of nitrogens with zero attached hydrogens (tertiary/aromatic N) is 1. The molecule has 3 N–H and O–H groups in total. The van der Waals surface area contributed by atoms with Crippen LogP contribution in [0, 0.1) is 0 Å². The maximum atomic E-state index is 10.4. The molecule has 1 heterocycles. The summed E-state index contributed by atoms with van der Waals surface area (Å²) in [5.74, 6) is 0. The highest BCUT2D eigenvalue weighted by atomic mass is 16.3. The zero-order valence-electron chi connectivity index (χ0n) is 7.40. The Hall–Kier alpha value is -1.26. The Balaban J connectivity index is 3.08. The fourth-order valence-corrected chi connectivity index (χ4v) is 0.926. The minimum atomic E-state index is -0.841. The topological polar surface area (TPSA) is 76.2 Å². The summed E-state index contributed by atoms with van der Waals surface area (Å²) < 4.78 is 0. The molecule has 0 fully saturated rings. The molecule has 0 unspecified atom stereocenters. The van der Waals surface area contributed by atoms with Gasteiger partial charge in [-0.2, -0.15) is 0 Å². The van der Waals surface area contributed by atoms with E-state index in [0.717, 1.165) is 0 Å². The van der Waals surface area contributed by atoms with Crippen LogP contribution < -0.4 is 5.73 Å². The molecule has 1 rings (SSSR count). The number of pyridine rings is 1. The van der Waals surface area contributed by atoms with Crippen molar-refractivity contribution in [3.63, 3.8) is 0 Å². The van der Waals surface area contributed by atoms with Crippen LogP contribution >= 0.6 is 0 Å². The smallest absolute Gasteiger partial charge is 0.151 e. The van der Waals surface area contributed by atoms with E-state index < -0.39 is 5.54 Å². The van der Waals surface area contributed by atoms with Gasteiger partial charge in [0.1, 0.15) is 0 Å². The van der Waals surface area contributed by atoms with Crippen LogP contribution in [0.4, 0.5) is 0 Å². The monoisotopic (exact) mass is 180 g/mol. The van der Waals surface area contributed by atoms with Gasteiger partial charge in [-0.1, -0.05) is 0 Å². The van der Waals surface area contributed by atoms with E-state index in [2.05, 4.69) is 4.98 Å². The molecule has 0 spiro atoms. The van der Waals surface area contributed by atoms with Crippen molar-refractivity contribution in [2.24, 2.45) is 5.73 Å². The summed E-state index contributed by atoms with van der Waals surface area (Å²) in [6, 6.07) is 1.62. The van der Waals surface area contributed by atoms with Crippen LogP contribution in [-0.4, -0.2) is 23.0 Å². The molecular weight excluding hydrogens is 168 g/mol. The van der Waals surface area contributed by atoms with Crippen LogP contribution in [0.5, 0.6) is 0 Å². The molecular formula is C9H12N2O2. The van der Waals surface area contributed by atoms with Gasteiger partial charge in [0.2, 0.25) is 0 Å². The maximum absolute atomic E-state index is 10.4. The molecule has 0 radical (unpaired) electrons. The maximum Gasteiger partial charge on any atom is 0.151 e. The summed E-state index contributed by atoms with van der Waals surface area (Å²) in [7, 11) is 0. The number of aldehydes is 1. The first-order chi connectivity index (χ1) is 6.10. The van der Waals surface area contributed by atoms with E-state index in [0.29, 0.717) is 17.4 Å². The molecule has 1 aromatic heterocycles. The lowest BCUT2D eigenvalue weighted by Gasteiger charge is -2.21. The molecule has 4 heteroatoms. The first-order valence-electron chi connectivity index (χ1n) is 3.90. The second-order valence-electron chi connectivity index (χ2n) is 3.20. The van der Waals surface area contributed by atoms with Crippen molar-refractivity contribution in [3.05, 3.63) is 29.6 Å². The number of aromatic nitrogens is 1. The quantitative estimate of drug-likeness (QED) is 0.645. The lowest BCUT2D eigenvalue weighted by Crippen LogP contribution is -2.37. The van der Waals surface area contributed by atoms with Crippen molar-refractivity contribution in [3.8, 4) is 0 Å². The number of aliphatic hydroxyl groups excluding tert-OH is 1. The predicted molar refractivity (Wildman–Crippen MR) is 48.2 cm³/mol. The number of nitrogens with two attached hydrogens (primary N) is 1. The van der Waals surface area contributed by atoms with Crippen molar-refractivity contribution >= 4 is 6.29 Å². The van der Waals surface area contributed by atoms with Gasteiger partial charge in [-0.15, -0.1) is 0 Å². The average Bonchev–Trinajstić information content (AvgIpc) is 2.18. The molecule has 0 amide bonds. The van der Waals surface area contributed by atoms with Gasteiger partial charge >= 0.3 is 0 Å². The number of carbonyl (C=O) groups excluding carboxylic acids is 1. The molecule has 0 saturated carbocycles. The van der Waals surface area contributed by atoms with Crippen molar-refractivity contribution in [2.45, 2.75) is 12.5 Å². The Kier molecular flexibility index (Phi) is 2.75. The van der Waals surface area contributed by atoms with Crippen LogP contribution in [-0.2, 0) is 5.54 Å². The average molecular weight is 180 g/mol. The summed E-state index contributed by atoms with van der Waals surface area (Å²) >= 11 is 0. The molecule has 70 valence electrons. The van der Waals surface area contributed by atoms with Crippen molar-refractivity contribution < 1.29 is 9.90 Å². The third-order valence-corrected chi connectivity index (χ3v) is 1.88. The molecule has 4 nitrogen and oxygen atoms in total. The summed E-state index contributed by atoms with van der Waals surface area (Å²) in [4.78, 5) is 14.3. The Morgan fingerprint density at radius 2 is 2.38 bits per heavy atom. The molecule has 0 aliphatic rings. The van der Waals surface area contributed by atoms with Gasteiger partial charge in [-0.05, 0) is 18.6 Å². The normalized spacial score (nSPS) is 15.0. The van der Waals surface area contributed by atoms with E-state index in [1.807, 2.05) is 0 Å². The molecule has 0 aromatic carbocycles. The minimum Gasteiger partial charge on any atom is -0.394 e. The second-order valence-corrected chi connectivity index (χ2v) is 3.20. The molecule has 0 saturated heterocycles. The van der Waals surface area contributed by atoms with Gasteiger partial charge in [-0.3, -0.25) is 9.78 Å². The van der Waals surface area contributed by atoms with Crippen LogP contribution in [0.2, 0.25) is 0 Å². The molecule has 0 aliphatic carbocycles. The first-order valence-corrected chi connectivity index (χ1v) is 3.90. The Labute approximate surface area is 76.4 Å². The summed E-state index contributed by atoms with van der Waals surface area (Å²) in [5.41, 5.74) is 6.03. The predicted octanol–water partition coefficient (Wildman–Crippen LogP) is 0.0603. The number of carbonyl (C=O) groups is 1. The van der Waals surface area contributed by atoms with E-state index in [9.17, 15) is 4.79 Å². The third-order valence-electron chi connectivity index (χ3n) is 1.88. The SMILES string of the molecule is C[C@@](N)(CO)c1cncc(C=O)c1. The lowest BCUT2D eigenvalue weighted by molar-refractivity contribution is 0.112. The van der Waals surface area contributed by atoms with Crippen LogP contribution in [0.1, 0.15) is 22.8 Å². The zero-order chi connectivity index (χ0) is 9.90. The van der Waals surface area contributed by atoms with Crippen LogP contribution in [0.3, 0.4) is 0 Å². The fourth-order valence-electron chi connectivity index (χ4n) is 0.926. The lowest BCUT2D eigenvalue weighted by atomic mass is 9.95. The fraction of sp³-hybridized carbons (Fsp3) is 0.333. The van der Waals surface area contributed by atoms with Gasteiger partial charge < -0.3 is 10.8 Å². The molecule has 0 aliphatic heterocycles. The standard InChI is InChI=1S/C9H12N2O2/c1-9(10,6-13)8-2-7(5-12)3-11-4-8/h2-5,13H,6,10H2,1H3/t9-/m1/s1. The zero-order valence-corrected chi connectivity index (χ0v) is 7.40. The Bertz CT molecular complexity index is 310. The Morgan fingerprint density at radius 1 is 1.69 bits per heavy atom. The largest absolute Gasteiger partial charge is 0.394 e. The van der Waals surface area contributed by atoms with E-state index >= 15 is 0 Å². The molecule has 1 atom stereocenters. The number of rotatable bonds is 3. The third kappa shape index (κ3) is 2.11. The van der Waals surface area contributed by atoms with Gasteiger partial charge in [0, 0.05) is 18.0 Å². The van der Waals surface area contributed by atoms with E-state index in [-0.39, 0.29) is 6.61 Å². The molecule has 13 heavy (non-hydrogen) atoms. The number of aliphatic hydroxyl groups is 1. The molecule has 0 bridgehead atoms. The summed E-state index contributed by atoms with van der Waals surface area (Å²) in [6.45, 7) is 1.50. The highest BCUT2D eigenvalue weighted by Gasteiger charge is 2.20. The van der Waals surface area contributed by atoms with Crippen LogP contribution in [0.15, 0.2) is 18.5 Å². The van der Waals surface area contributed by atoms with Crippen LogP contribution in [0.25, 0.3) is 0 Å². The number of hydrogen-bond donors (Lipinski definition) is 2. The van der Waals surface area contributed by atoms with E-state index in [1.54, 1.807) is 19.2 Å². The molecule has 1 aromatic rings. The van der Waals surface area contributed by atoms with Gasteiger partial charge in [0.05, 0.1) is 12.1 Å². The Morgan fingerprint density at radius 3 is 2.92 bits per heavy atom. The number of hydrogen-bond acceptors (Lipinski definition) is 4. The van der Waals surface area contributed by atoms with Crippen molar-refractivity contribution in [1.29, 1.82) is 0 Å². The highest BCUT2D eigenvalue weighted by Crippen LogP contribution is 2.16. The highest BCUT2D eigenvalue weighted by molar-refractivity contribution is 5.74. The minimum absolute atomic E-state index is 0.184. The summed E-state index contributed by atoms with van der Waals surface area (Å²) in [6.07, 6.45) is 3.69. The van der Waals surface area contributed by atoms with Gasteiger partial charge in [0.15, 0.2) is 6.29 Å².